The lowest BCUT2D eigenvalue weighted by atomic mass is 10.1. The molecule has 2 aromatic carbocycles. The van der Waals surface area contributed by atoms with E-state index in [0.29, 0.717) is 22.9 Å². The van der Waals surface area contributed by atoms with E-state index in [0.717, 1.165) is 16.8 Å². The SMILES string of the molecule is COC(=O)c1ccc(Nc2nc(C)cc(C(=O)Nc3cc(C)ccc3C)n2)cc1. The molecule has 0 unspecified atom stereocenters. The van der Waals surface area contributed by atoms with E-state index in [1.165, 1.54) is 7.11 Å². The molecule has 29 heavy (non-hydrogen) atoms. The smallest absolute Gasteiger partial charge is 0.337 e. The molecule has 0 fully saturated rings. The molecule has 3 aromatic rings. The number of benzene rings is 2. The van der Waals surface area contributed by atoms with Gasteiger partial charge in [0.2, 0.25) is 5.95 Å². The van der Waals surface area contributed by atoms with E-state index in [2.05, 4.69) is 25.3 Å². The van der Waals surface area contributed by atoms with E-state index >= 15 is 0 Å². The molecule has 0 aliphatic carbocycles. The van der Waals surface area contributed by atoms with Crippen molar-refractivity contribution in [2.45, 2.75) is 20.8 Å². The van der Waals surface area contributed by atoms with E-state index in [-0.39, 0.29) is 11.6 Å². The van der Waals surface area contributed by atoms with Crippen molar-refractivity contribution in [3.63, 3.8) is 0 Å². The molecular formula is C22H22N4O3. The number of nitrogens with zero attached hydrogens (tertiary/aromatic N) is 2. The standard InChI is InChI=1S/C22H22N4O3/c1-13-5-6-14(2)18(11-13)25-20(27)19-12-15(3)23-22(26-19)24-17-9-7-16(8-10-17)21(28)29-4/h5-12H,1-4H3,(H,25,27)(H,23,24,26). The normalized spacial score (nSPS) is 10.3. The van der Waals surface area contributed by atoms with Gasteiger partial charge in [-0.25, -0.2) is 14.8 Å². The number of hydrogen-bond donors (Lipinski definition) is 2. The topological polar surface area (TPSA) is 93.2 Å². The molecule has 0 radical (unpaired) electrons. The highest BCUT2D eigenvalue weighted by molar-refractivity contribution is 6.03. The van der Waals surface area contributed by atoms with Gasteiger partial charge in [0.05, 0.1) is 12.7 Å². The molecule has 0 saturated heterocycles. The van der Waals surface area contributed by atoms with Crippen LogP contribution in [0.5, 0.6) is 0 Å². The van der Waals surface area contributed by atoms with Gasteiger partial charge in [-0.15, -0.1) is 0 Å². The van der Waals surface area contributed by atoms with Gasteiger partial charge in [-0.3, -0.25) is 4.79 Å². The van der Waals surface area contributed by atoms with Gasteiger partial charge in [-0.1, -0.05) is 12.1 Å². The van der Waals surface area contributed by atoms with Gasteiger partial charge in [0.25, 0.3) is 5.91 Å². The molecule has 2 N–H and O–H groups in total. The summed E-state index contributed by atoms with van der Waals surface area (Å²) in [5.74, 6) is -0.427. The average molecular weight is 390 g/mol. The van der Waals surface area contributed by atoms with Crippen LogP contribution in [0.4, 0.5) is 17.3 Å². The maximum atomic E-state index is 12.7. The van der Waals surface area contributed by atoms with Crippen molar-refractivity contribution >= 4 is 29.2 Å². The number of carbonyl (C=O) groups is 2. The Labute approximate surface area is 169 Å². The lowest BCUT2D eigenvalue weighted by molar-refractivity contribution is 0.0600. The number of carbonyl (C=O) groups excluding carboxylic acids is 2. The summed E-state index contributed by atoms with van der Waals surface area (Å²) in [6.07, 6.45) is 0. The number of rotatable bonds is 5. The Morgan fingerprint density at radius 2 is 1.66 bits per heavy atom. The number of aryl methyl sites for hydroxylation is 3. The minimum absolute atomic E-state index is 0.257. The van der Waals surface area contributed by atoms with Crippen LogP contribution < -0.4 is 10.6 Å². The van der Waals surface area contributed by atoms with Crippen molar-refractivity contribution in [1.29, 1.82) is 0 Å². The van der Waals surface area contributed by atoms with Gasteiger partial charge >= 0.3 is 5.97 Å². The fourth-order valence-corrected chi connectivity index (χ4v) is 2.73. The highest BCUT2D eigenvalue weighted by Gasteiger charge is 2.13. The second-order valence-corrected chi connectivity index (χ2v) is 6.68. The number of anilines is 3. The molecule has 0 saturated carbocycles. The van der Waals surface area contributed by atoms with Crippen LogP contribution >= 0.6 is 0 Å². The first-order chi connectivity index (χ1) is 13.9. The zero-order valence-corrected chi connectivity index (χ0v) is 16.7. The van der Waals surface area contributed by atoms with E-state index in [9.17, 15) is 9.59 Å². The minimum Gasteiger partial charge on any atom is -0.465 e. The van der Waals surface area contributed by atoms with Crippen molar-refractivity contribution in [2.24, 2.45) is 0 Å². The summed E-state index contributed by atoms with van der Waals surface area (Å²) in [5.41, 5.74) is 4.81. The van der Waals surface area contributed by atoms with Crippen LogP contribution in [0.15, 0.2) is 48.5 Å². The molecule has 0 bridgehead atoms. The summed E-state index contributed by atoms with van der Waals surface area (Å²) in [6.45, 7) is 5.70. The second-order valence-electron chi connectivity index (χ2n) is 6.68. The Morgan fingerprint density at radius 3 is 2.34 bits per heavy atom. The monoisotopic (exact) mass is 390 g/mol. The molecule has 1 heterocycles. The summed E-state index contributed by atoms with van der Waals surface area (Å²) >= 11 is 0. The third-order valence-corrected chi connectivity index (χ3v) is 4.29. The zero-order valence-electron chi connectivity index (χ0n) is 16.7. The number of methoxy groups -OCH3 is 1. The van der Waals surface area contributed by atoms with Crippen LogP contribution in [0.3, 0.4) is 0 Å². The number of hydrogen-bond acceptors (Lipinski definition) is 6. The molecule has 1 aromatic heterocycles. The maximum absolute atomic E-state index is 12.7. The van der Waals surface area contributed by atoms with Crippen LogP contribution in [0.2, 0.25) is 0 Å². The Balaban J connectivity index is 1.79. The summed E-state index contributed by atoms with van der Waals surface area (Å²) < 4.78 is 4.69. The van der Waals surface area contributed by atoms with Gasteiger partial charge in [-0.2, -0.15) is 0 Å². The summed E-state index contributed by atoms with van der Waals surface area (Å²) in [5, 5.41) is 5.96. The number of esters is 1. The molecule has 148 valence electrons. The number of nitrogens with one attached hydrogen (secondary N) is 2. The van der Waals surface area contributed by atoms with E-state index in [1.54, 1.807) is 37.3 Å². The third-order valence-electron chi connectivity index (χ3n) is 4.29. The molecule has 0 aliphatic heterocycles. The van der Waals surface area contributed by atoms with Crippen molar-refractivity contribution in [3.8, 4) is 0 Å². The van der Waals surface area contributed by atoms with Gasteiger partial charge < -0.3 is 15.4 Å². The largest absolute Gasteiger partial charge is 0.465 e. The van der Waals surface area contributed by atoms with Crippen LogP contribution in [0.1, 0.15) is 37.7 Å². The first-order valence-corrected chi connectivity index (χ1v) is 9.05. The second kappa shape index (κ2) is 8.52. The highest BCUT2D eigenvalue weighted by Crippen LogP contribution is 2.19. The van der Waals surface area contributed by atoms with Crippen molar-refractivity contribution in [1.82, 2.24) is 9.97 Å². The molecular weight excluding hydrogens is 368 g/mol. The Bertz CT molecular complexity index is 1060. The Kier molecular flexibility index (Phi) is 5.87. The molecule has 0 aliphatic rings. The van der Waals surface area contributed by atoms with Crippen LogP contribution in [-0.4, -0.2) is 29.0 Å². The van der Waals surface area contributed by atoms with E-state index < -0.39 is 5.97 Å². The van der Waals surface area contributed by atoms with Gasteiger partial charge in [0, 0.05) is 17.1 Å². The summed E-state index contributed by atoms with van der Waals surface area (Å²) in [4.78, 5) is 32.9. The third kappa shape index (κ3) is 4.95. The van der Waals surface area contributed by atoms with E-state index in [1.807, 2.05) is 32.0 Å². The molecule has 0 atom stereocenters. The minimum atomic E-state index is -0.409. The Morgan fingerprint density at radius 1 is 0.931 bits per heavy atom. The van der Waals surface area contributed by atoms with Crippen LogP contribution in [0, 0.1) is 20.8 Å². The molecule has 3 rings (SSSR count). The van der Waals surface area contributed by atoms with Gasteiger partial charge in [-0.05, 0) is 68.3 Å². The van der Waals surface area contributed by atoms with E-state index in [4.69, 9.17) is 0 Å². The quantitative estimate of drug-likeness (QED) is 0.635. The lowest BCUT2D eigenvalue weighted by Gasteiger charge is -2.11. The fraction of sp³-hybridized carbons (Fsp3) is 0.182. The van der Waals surface area contributed by atoms with Crippen LogP contribution in [0.25, 0.3) is 0 Å². The molecule has 1 amide bonds. The predicted octanol–water partition coefficient (Wildman–Crippen LogP) is 4.18. The van der Waals surface area contributed by atoms with Crippen molar-refractivity contribution in [2.75, 3.05) is 17.7 Å². The highest BCUT2D eigenvalue weighted by atomic mass is 16.5. The molecule has 0 spiro atoms. The molecule has 7 nitrogen and oxygen atoms in total. The lowest BCUT2D eigenvalue weighted by Crippen LogP contribution is -2.16. The van der Waals surface area contributed by atoms with Crippen molar-refractivity contribution < 1.29 is 14.3 Å². The Hall–Kier alpha value is -3.74. The van der Waals surface area contributed by atoms with Crippen LogP contribution in [-0.2, 0) is 4.74 Å². The number of aromatic nitrogens is 2. The first-order valence-electron chi connectivity index (χ1n) is 9.05. The van der Waals surface area contributed by atoms with Gasteiger partial charge in [0.1, 0.15) is 5.69 Å². The predicted molar refractivity (Wildman–Crippen MR) is 112 cm³/mol. The number of amides is 1. The van der Waals surface area contributed by atoms with Gasteiger partial charge in [0.15, 0.2) is 0 Å². The fourth-order valence-electron chi connectivity index (χ4n) is 2.73. The molecule has 7 heteroatoms. The maximum Gasteiger partial charge on any atom is 0.337 e. The van der Waals surface area contributed by atoms with Crippen molar-refractivity contribution in [3.05, 3.63) is 76.6 Å². The zero-order chi connectivity index (χ0) is 21.0. The first kappa shape index (κ1) is 20.0. The summed E-state index contributed by atoms with van der Waals surface area (Å²) in [6, 6.07) is 14.2. The number of ether oxygens (including phenoxy) is 1. The summed E-state index contributed by atoms with van der Waals surface area (Å²) in [7, 11) is 1.33. The average Bonchev–Trinajstić information content (AvgIpc) is 2.70.